The van der Waals surface area contributed by atoms with E-state index in [1.807, 2.05) is 30.3 Å². The fourth-order valence-electron chi connectivity index (χ4n) is 3.12. The van der Waals surface area contributed by atoms with E-state index in [0.717, 1.165) is 23.3 Å². The molecule has 0 saturated carbocycles. The van der Waals surface area contributed by atoms with Gasteiger partial charge in [0.1, 0.15) is 17.3 Å². The molecule has 148 valence electrons. The number of aliphatic imine (C=N–C) groups is 1. The minimum absolute atomic E-state index is 0.0681. The van der Waals surface area contributed by atoms with Gasteiger partial charge < -0.3 is 20.5 Å². The van der Waals surface area contributed by atoms with E-state index in [9.17, 15) is 4.39 Å². The zero-order valence-electron chi connectivity index (χ0n) is 15.7. The molecular formula is C22H21FN4O2. The predicted octanol–water partition coefficient (Wildman–Crippen LogP) is 3.94. The normalized spacial score (nSPS) is 15.9. The zero-order chi connectivity index (χ0) is 20.1. The lowest BCUT2D eigenvalue weighted by atomic mass is 10.0. The molecule has 6 nitrogen and oxygen atoms in total. The van der Waals surface area contributed by atoms with E-state index < -0.39 is 0 Å². The van der Waals surface area contributed by atoms with Crippen molar-refractivity contribution in [3.63, 3.8) is 0 Å². The summed E-state index contributed by atoms with van der Waals surface area (Å²) in [5.41, 5.74) is 8.08. The van der Waals surface area contributed by atoms with Crippen molar-refractivity contribution >= 4 is 5.96 Å². The highest BCUT2D eigenvalue weighted by molar-refractivity contribution is 5.78. The second-order valence-corrected chi connectivity index (χ2v) is 6.63. The summed E-state index contributed by atoms with van der Waals surface area (Å²) in [7, 11) is 0. The van der Waals surface area contributed by atoms with Crippen LogP contribution in [0, 0.1) is 5.82 Å². The molecule has 0 spiro atoms. The first-order valence-electron chi connectivity index (χ1n) is 9.34. The quantitative estimate of drug-likeness (QED) is 0.508. The van der Waals surface area contributed by atoms with Gasteiger partial charge in [0.25, 0.3) is 0 Å². The third-order valence-corrected chi connectivity index (χ3v) is 4.55. The molecule has 1 aliphatic rings. The van der Waals surface area contributed by atoms with E-state index >= 15 is 0 Å². The Morgan fingerprint density at radius 3 is 2.90 bits per heavy atom. The number of nitrogens with two attached hydrogens (primary N) is 1. The van der Waals surface area contributed by atoms with Crippen molar-refractivity contribution in [1.82, 2.24) is 10.3 Å². The maximum absolute atomic E-state index is 13.0. The predicted molar refractivity (Wildman–Crippen MR) is 108 cm³/mol. The van der Waals surface area contributed by atoms with Crippen LogP contribution in [0.2, 0.25) is 0 Å². The van der Waals surface area contributed by atoms with Crippen molar-refractivity contribution in [2.75, 3.05) is 6.61 Å². The number of hydrogen-bond donors (Lipinski definition) is 2. The highest BCUT2D eigenvalue weighted by Crippen LogP contribution is 2.31. The van der Waals surface area contributed by atoms with Gasteiger partial charge >= 0.3 is 0 Å². The summed E-state index contributed by atoms with van der Waals surface area (Å²) in [6.07, 6.45) is 2.46. The van der Waals surface area contributed by atoms with Gasteiger partial charge in [-0.3, -0.25) is 0 Å². The van der Waals surface area contributed by atoms with E-state index in [4.69, 9.17) is 15.2 Å². The van der Waals surface area contributed by atoms with E-state index in [-0.39, 0.29) is 11.9 Å². The molecule has 3 aromatic rings. The highest BCUT2D eigenvalue weighted by atomic mass is 19.1. The Hall–Kier alpha value is -3.61. The average Bonchev–Trinajstić information content (AvgIpc) is 2.75. The summed E-state index contributed by atoms with van der Waals surface area (Å²) >= 11 is 0. The van der Waals surface area contributed by atoms with Gasteiger partial charge in [-0.1, -0.05) is 18.2 Å². The second-order valence-electron chi connectivity index (χ2n) is 6.63. The van der Waals surface area contributed by atoms with Crippen molar-refractivity contribution < 1.29 is 13.9 Å². The fraction of sp³-hybridized carbons (Fsp3) is 0.182. The minimum atomic E-state index is -0.316. The molecule has 3 N–H and O–H groups in total. The number of nitrogens with one attached hydrogen (secondary N) is 1. The second kappa shape index (κ2) is 8.60. The molecule has 4 rings (SSSR count). The summed E-state index contributed by atoms with van der Waals surface area (Å²) in [4.78, 5) is 8.61. The highest BCUT2D eigenvalue weighted by Gasteiger charge is 2.21. The molecule has 0 bridgehead atoms. The number of guanidine groups is 1. The van der Waals surface area contributed by atoms with Crippen LogP contribution in [0.5, 0.6) is 17.4 Å². The molecule has 0 amide bonds. The number of para-hydroxylation sites is 1. The largest absolute Gasteiger partial charge is 0.493 e. The monoisotopic (exact) mass is 392 g/mol. The first-order chi connectivity index (χ1) is 14.2. The molecule has 0 saturated heterocycles. The van der Waals surface area contributed by atoms with Crippen LogP contribution in [0.4, 0.5) is 4.39 Å². The zero-order valence-corrected chi connectivity index (χ0v) is 15.7. The van der Waals surface area contributed by atoms with Gasteiger partial charge in [-0.2, -0.15) is 0 Å². The number of pyridine rings is 1. The number of fused-ring (bicyclic) bond motifs is 1. The lowest BCUT2D eigenvalue weighted by molar-refractivity contribution is 0.262. The molecule has 29 heavy (non-hydrogen) atoms. The standard InChI is InChI=1S/C22H21FN4O2/c23-16-5-7-17(8-6-16)29-21-13-15(9-11-25-21)14-26-22(24)27-19-10-12-28-20-4-2-1-3-18(19)20/h1-9,11,13,19H,10,12,14H2,(H3,24,26,27). The summed E-state index contributed by atoms with van der Waals surface area (Å²) in [5.74, 6) is 1.85. The van der Waals surface area contributed by atoms with Gasteiger partial charge in [-0.25, -0.2) is 14.4 Å². The van der Waals surface area contributed by atoms with Crippen LogP contribution >= 0.6 is 0 Å². The number of benzene rings is 2. The third-order valence-electron chi connectivity index (χ3n) is 4.55. The molecule has 0 fully saturated rings. The first kappa shape index (κ1) is 18.7. The Bertz CT molecular complexity index is 1010. The lowest BCUT2D eigenvalue weighted by Gasteiger charge is -2.26. The van der Waals surface area contributed by atoms with Crippen molar-refractivity contribution in [2.24, 2.45) is 10.7 Å². The number of nitrogens with zero attached hydrogens (tertiary/aromatic N) is 2. The number of halogens is 1. The Labute approximate surface area is 168 Å². The molecule has 2 aromatic carbocycles. The lowest BCUT2D eigenvalue weighted by Crippen LogP contribution is -2.37. The maximum Gasteiger partial charge on any atom is 0.219 e. The van der Waals surface area contributed by atoms with E-state index in [0.29, 0.717) is 30.7 Å². The summed E-state index contributed by atoms with van der Waals surface area (Å²) < 4.78 is 24.3. The molecule has 1 aliphatic heterocycles. The molecule has 2 heterocycles. The van der Waals surface area contributed by atoms with Crippen molar-refractivity contribution in [1.29, 1.82) is 0 Å². The van der Waals surface area contributed by atoms with Crippen LogP contribution in [-0.4, -0.2) is 17.6 Å². The third kappa shape index (κ3) is 4.82. The number of hydrogen-bond acceptors (Lipinski definition) is 4. The SMILES string of the molecule is NC(=NCc1ccnc(Oc2ccc(F)cc2)c1)NC1CCOc2ccccc21. The number of rotatable bonds is 5. The van der Waals surface area contributed by atoms with Crippen LogP contribution in [0.1, 0.15) is 23.6 Å². The topological polar surface area (TPSA) is 81.8 Å². The van der Waals surface area contributed by atoms with E-state index in [1.54, 1.807) is 24.4 Å². The minimum Gasteiger partial charge on any atom is -0.493 e. The molecule has 0 aliphatic carbocycles. The van der Waals surface area contributed by atoms with Crippen LogP contribution in [-0.2, 0) is 6.54 Å². The van der Waals surface area contributed by atoms with Gasteiger partial charge in [-0.05, 0) is 42.0 Å². The Morgan fingerprint density at radius 2 is 2.03 bits per heavy atom. The maximum atomic E-state index is 13.0. The Kier molecular flexibility index (Phi) is 5.56. The summed E-state index contributed by atoms with van der Waals surface area (Å²) in [5, 5.41) is 3.27. The van der Waals surface area contributed by atoms with Crippen LogP contribution in [0.25, 0.3) is 0 Å². The van der Waals surface area contributed by atoms with Gasteiger partial charge in [0.05, 0.1) is 19.2 Å². The van der Waals surface area contributed by atoms with Crippen molar-refractivity contribution in [3.8, 4) is 17.4 Å². The first-order valence-corrected chi connectivity index (χ1v) is 9.34. The van der Waals surface area contributed by atoms with Crippen LogP contribution in [0.15, 0.2) is 71.9 Å². The molecular weight excluding hydrogens is 371 g/mol. The van der Waals surface area contributed by atoms with Gasteiger partial charge in [-0.15, -0.1) is 0 Å². The van der Waals surface area contributed by atoms with Crippen molar-refractivity contribution in [3.05, 3.63) is 83.8 Å². The average molecular weight is 392 g/mol. The fourth-order valence-corrected chi connectivity index (χ4v) is 3.12. The van der Waals surface area contributed by atoms with Gasteiger partial charge in [0, 0.05) is 24.2 Å². The summed E-state index contributed by atoms with van der Waals surface area (Å²) in [6.45, 7) is 1.02. The number of aromatic nitrogens is 1. The number of ether oxygens (including phenoxy) is 2. The van der Waals surface area contributed by atoms with Crippen LogP contribution in [0.3, 0.4) is 0 Å². The smallest absolute Gasteiger partial charge is 0.219 e. The molecule has 1 atom stereocenters. The Morgan fingerprint density at radius 1 is 1.21 bits per heavy atom. The molecule has 1 aromatic heterocycles. The molecule has 7 heteroatoms. The van der Waals surface area contributed by atoms with E-state index in [2.05, 4.69) is 15.3 Å². The Balaban J connectivity index is 1.39. The van der Waals surface area contributed by atoms with Crippen molar-refractivity contribution in [2.45, 2.75) is 19.0 Å². The molecule has 0 radical (unpaired) electrons. The van der Waals surface area contributed by atoms with E-state index in [1.165, 1.54) is 12.1 Å². The van der Waals surface area contributed by atoms with Gasteiger partial charge in [0.15, 0.2) is 5.96 Å². The molecule has 1 unspecified atom stereocenters. The summed E-state index contributed by atoms with van der Waals surface area (Å²) in [6, 6.07) is 17.4. The van der Waals surface area contributed by atoms with Gasteiger partial charge in [0.2, 0.25) is 5.88 Å². The van der Waals surface area contributed by atoms with Crippen LogP contribution < -0.4 is 20.5 Å².